The predicted octanol–water partition coefficient (Wildman–Crippen LogP) is 3.21. The van der Waals surface area contributed by atoms with Gasteiger partial charge in [-0.3, -0.25) is 4.90 Å². The second kappa shape index (κ2) is 8.10. The summed E-state index contributed by atoms with van der Waals surface area (Å²) < 4.78 is 16.4. The lowest BCUT2D eigenvalue weighted by atomic mass is 10.2. The van der Waals surface area contributed by atoms with E-state index in [0.29, 0.717) is 13.2 Å². The molecule has 2 aromatic carbocycles. The standard InChI is InChI=1S/C20H24N2O4/c1-14(21-2)19-12-22(20(23)26-19)16-7-9-17(10-8-16)25-13-15-5-4-6-18(11-15)24-3/h4-11,14,19,21H,12-13H2,1-3H3. The number of hydrogen-bond acceptors (Lipinski definition) is 5. The number of rotatable bonds is 7. The van der Waals surface area contributed by atoms with Crippen molar-refractivity contribution in [3.63, 3.8) is 0 Å². The number of benzene rings is 2. The Kier molecular flexibility index (Phi) is 5.63. The minimum Gasteiger partial charge on any atom is -0.497 e. The van der Waals surface area contributed by atoms with Crippen molar-refractivity contribution >= 4 is 11.8 Å². The highest BCUT2D eigenvalue weighted by molar-refractivity contribution is 5.89. The second-order valence-electron chi connectivity index (χ2n) is 6.24. The van der Waals surface area contributed by atoms with Gasteiger partial charge in [0.1, 0.15) is 24.2 Å². The molecule has 6 nitrogen and oxygen atoms in total. The van der Waals surface area contributed by atoms with E-state index in [9.17, 15) is 4.79 Å². The lowest BCUT2D eigenvalue weighted by molar-refractivity contribution is 0.123. The Bertz CT molecular complexity index is 748. The Morgan fingerprint density at radius 2 is 2.00 bits per heavy atom. The molecule has 1 N–H and O–H groups in total. The van der Waals surface area contributed by atoms with Crippen molar-refractivity contribution in [3.05, 3.63) is 54.1 Å². The zero-order valence-corrected chi connectivity index (χ0v) is 15.3. The van der Waals surface area contributed by atoms with Crippen LogP contribution >= 0.6 is 0 Å². The number of cyclic esters (lactones) is 1. The maximum atomic E-state index is 12.1. The number of nitrogens with zero attached hydrogens (tertiary/aromatic N) is 1. The summed E-state index contributed by atoms with van der Waals surface area (Å²) in [6, 6.07) is 15.3. The van der Waals surface area contributed by atoms with Gasteiger partial charge in [-0.1, -0.05) is 12.1 Å². The number of likely N-dealkylation sites (N-methyl/N-ethyl adjacent to an activating group) is 1. The Labute approximate surface area is 153 Å². The van der Waals surface area contributed by atoms with Crippen LogP contribution in [0.15, 0.2) is 48.5 Å². The van der Waals surface area contributed by atoms with Crippen LogP contribution in [0.5, 0.6) is 11.5 Å². The Balaban J connectivity index is 1.60. The van der Waals surface area contributed by atoms with Crippen molar-refractivity contribution < 1.29 is 19.0 Å². The summed E-state index contributed by atoms with van der Waals surface area (Å²) in [7, 11) is 3.50. The van der Waals surface area contributed by atoms with Crippen LogP contribution in [0.25, 0.3) is 0 Å². The maximum Gasteiger partial charge on any atom is 0.414 e. The number of anilines is 1. The average molecular weight is 356 g/mol. The molecule has 0 saturated carbocycles. The normalized spacial score (nSPS) is 17.7. The highest BCUT2D eigenvalue weighted by atomic mass is 16.6. The van der Waals surface area contributed by atoms with Gasteiger partial charge in [0.2, 0.25) is 0 Å². The van der Waals surface area contributed by atoms with E-state index in [1.807, 2.05) is 62.5 Å². The summed E-state index contributed by atoms with van der Waals surface area (Å²) in [6.07, 6.45) is -0.473. The fourth-order valence-corrected chi connectivity index (χ4v) is 2.79. The van der Waals surface area contributed by atoms with Gasteiger partial charge < -0.3 is 19.5 Å². The molecule has 0 aromatic heterocycles. The molecule has 26 heavy (non-hydrogen) atoms. The van der Waals surface area contributed by atoms with Crippen molar-refractivity contribution in [1.29, 1.82) is 0 Å². The summed E-state index contributed by atoms with van der Waals surface area (Å²) >= 11 is 0. The third-order valence-corrected chi connectivity index (χ3v) is 4.54. The average Bonchev–Trinajstić information content (AvgIpc) is 3.08. The Morgan fingerprint density at radius 1 is 1.23 bits per heavy atom. The van der Waals surface area contributed by atoms with Gasteiger partial charge in [0, 0.05) is 11.7 Å². The van der Waals surface area contributed by atoms with Crippen LogP contribution in [0.1, 0.15) is 12.5 Å². The molecule has 2 atom stereocenters. The number of methoxy groups -OCH3 is 1. The molecule has 1 heterocycles. The van der Waals surface area contributed by atoms with E-state index < -0.39 is 0 Å². The zero-order chi connectivity index (χ0) is 18.5. The molecule has 1 aliphatic rings. The van der Waals surface area contributed by atoms with Crippen molar-refractivity contribution in [2.75, 3.05) is 25.6 Å². The fraction of sp³-hybridized carbons (Fsp3) is 0.350. The minimum atomic E-state index is -0.317. The third-order valence-electron chi connectivity index (χ3n) is 4.54. The summed E-state index contributed by atoms with van der Waals surface area (Å²) in [5.41, 5.74) is 1.83. The van der Waals surface area contributed by atoms with E-state index in [2.05, 4.69) is 5.32 Å². The van der Waals surface area contributed by atoms with Gasteiger partial charge in [-0.25, -0.2) is 4.79 Å². The number of ether oxygens (including phenoxy) is 3. The van der Waals surface area contributed by atoms with Crippen molar-refractivity contribution in [2.45, 2.75) is 25.7 Å². The molecule has 1 saturated heterocycles. The predicted molar refractivity (Wildman–Crippen MR) is 99.9 cm³/mol. The van der Waals surface area contributed by atoms with Gasteiger partial charge in [0.25, 0.3) is 0 Å². The molecule has 0 aliphatic carbocycles. The molecular formula is C20H24N2O4. The van der Waals surface area contributed by atoms with E-state index in [4.69, 9.17) is 14.2 Å². The van der Waals surface area contributed by atoms with E-state index in [-0.39, 0.29) is 18.2 Å². The Hall–Kier alpha value is -2.73. The molecule has 2 aromatic rings. The van der Waals surface area contributed by atoms with E-state index in [0.717, 1.165) is 22.7 Å². The van der Waals surface area contributed by atoms with Crippen molar-refractivity contribution in [3.8, 4) is 11.5 Å². The van der Waals surface area contributed by atoms with E-state index in [1.54, 1.807) is 12.0 Å². The molecule has 1 amide bonds. The SMILES string of the molecule is CNC(C)C1CN(c2ccc(OCc3cccc(OC)c3)cc2)C(=O)O1. The Morgan fingerprint density at radius 3 is 2.69 bits per heavy atom. The molecule has 6 heteroatoms. The van der Waals surface area contributed by atoms with Crippen LogP contribution in [-0.2, 0) is 11.3 Å². The van der Waals surface area contributed by atoms with Crippen LogP contribution in [0.3, 0.4) is 0 Å². The van der Waals surface area contributed by atoms with Gasteiger partial charge in [-0.2, -0.15) is 0 Å². The first-order chi connectivity index (χ1) is 12.6. The molecule has 138 valence electrons. The van der Waals surface area contributed by atoms with Crippen molar-refractivity contribution in [1.82, 2.24) is 5.32 Å². The van der Waals surface area contributed by atoms with Gasteiger partial charge in [-0.15, -0.1) is 0 Å². The lowest BCUT2D eigenvalue weighted by Crippen LogP contribution is -2.37. The molecule has 1 fully saturated rings. The third kappa shape index (κ3) is 4.08. The smallest absolute Gasteiger partial charge is 0.414 e. The number of nitrogens with one attached hydrogen (secondary N) is 1. The minimum absolute atomic E-state index is 0.106. The highest BCUT2D eigenvalue weighted by Crippen LogP contribution is 2.25. The van der Waals surface area contributed by atoms with Gasteiger partial charge in [0.05, 0.1) is 13.7 Å². The van der Waals surface area contributed by atoms with Crippen LogP contribution < -0.4 is 19.7 Å². The molecule has 0 bridgehead atoms. The lowest BCUT2D eigenvalue weighted by Gasteiger charge is -2.17. The molecule has 3 rings (SSSR count). The number of carbonyl (C=O) groups excluding carboxylic acids is 1. The summed E-state index contributed by atoms with van der Waals surface area (Å²) in [4.78, 5) is 13.7. The molecule has 0 spiro atoms. The summed E-state index contributed by atoms with van der Waals surface area (Å²) in [5, 5.41) is 3.12. The molecule has 0 radical (unpaired) electrons. The number of hydrogen-bond donors (Lipinski definition) is 1. The first-order valence-electron chi connectivity index (χ1n) is 8.62. The summed E-state index contributed by atoms with van der Waals surface area (Å²) in [6.45, 7) is 2.98. The topological polar surface area (TPSA) is 60.0 Å². The van der Waals surface area contributed by atoms with Gasteiger partial charge >= 0.3 is 6.09 Å². The second-order valence-corrected chi connectivity index (χ2v) is 6.24. The monoisotopic (exact) mass is 356 g/mol. The van der Waals surface area contributed by atoms with Crippen LogP contribution in [0.4, 0.5) is 10.5 Å². The molecular weight excluding hydrogens is 332 g/mol. The fourth-order valence-electron chi connectivity index (χ4n) is 2.79. The van der Waals surface area contributed by atoms with Crippen molar-refractivity contribution in [2.24, 2.45) is 0 Å². The van der Waals surface area contributed by atoms with E-state index in [1.165, 1.54) is 0 Å². The largest absolute Gasteiger partial charge is 0.497 e. The zero-order valence-electron chi connectivity index (χ0n) is 15.3. The maximum absolute atomic E-state index is 12.1. The van der Waals surface area contributed by atoms with Gasteiger partial charge in [-0.05, 0) is 55.9 Å². The quantitative estimate of drug-likeness (QED) is 0.825. The molecule has 1 aliphatic heterocycles. The van der Waals surface area contributed by atoms with Crippen LogP contribution in [0.2, 0.25) is 0 Å². The molecule has 2 unspecified atom stereocenters. The summed E-state index contributed by atoms with van der Waals surface area (Å²) in [5.74, 6) is 1.55. The number of amides is 1. The highest BCUT2D eigenvalue weighted by Gasteiger charge is 2.35. The van der Waals surface area contributed by atoms with E-state index >= 15 is 0 Å². The van der Waals surface area contributed by atoms with Gasteiger partial charge in [0.15, 0.2) is 0 Å². The van der Waals surface area contributed by atoms with Crippen LogP contribution in [-0.4, -0.2) is 38.9 Å². The number of carbonyl (C=O) groups is 1. The van der Waals surface area contributed by atoms with Crippen LogP contribution in [0, 0.1) is 0 Å². The first-order valence-corrected chi connectivity index (χ1v) is 8.62. The first kappa shape index (κ1) is 18.1.